The van der Waals surface area contributed by atoms with E-state index in [0.29, 0.717) is 19.1 Å². The van der Waals surface area contributed by atoms with Gasteiger partial charge in [0.05, 0.1) is 12.7 Å². The van der Waals surface area contributed by atoms with Crippen LogP contribution in [0.2, 0.25) is 0 Å². The van der Waals surface area contributed by atoms with Crippen molar-refractivity contribution in [3.63, 3.8) is 0 Å². The number of aliphatic hydroxyl groups is 1. The third kappa shape index (κ3) is 2.90. The highest BCUT2D eigenvalue weighted by molar-refractivity contribution is 5.30. The highest BCUT2D eigenvalue weighted by Gasteiger charge is 2.44. The Kier molecular flexibility index (Phi) is 5.19. The van der Waals surface area contributed by atoms with Crippen LogP contribution >= 0.6 is 0 Å². The SMILES string of the molecule is CCC1CCC(CN)(C(O)c2ccccc2COC)C1. The van der Waals surface area contributed by atoms with Gasteiger partial charge in [-0.25, -0.2) is 0 Å². The number of benzene rings is 1. The summed E-state index contributed by atoms with van der Waals surface area (Å²) in [6, 6.07) is 8.01. The summed E-state index contributed by atoms with van der Waals surface area (Å²) in [5.41, 5.74) is 7.94. The quantitative estimate of drug-likeness (QED) is 0.840. The van der Waals surface area contributed by atoms with E-state index in [2.05, 4.69) is 6.92 Å². The van der Waals surface area contributed by atoms with Crippen molar-refractivity contribution in [1.29, 1.82) is 0 Å². The standard InChI is InChI=1S/C17H27NO2/c1-3-13-8-9-17(10-13,12-18)16(19)15-7-5-4-6-14(15)11-20-2/h4-7,13,16,19H,3,8-12,18H2,1-2H3. The molecule has 0 amide bonds. The average molecular weight is 277 g/mol. The van der Waals surface area contributed by atoms with E-state index in [9.17, 15) is 5.11 Å². The van der Waals surface area contributed by atoms with Crippen molar-refractivity contribution in [2.75, 3.05) is 13.7 Å². The van der Waals surface area contributed by atoms with Gasteiger partial charge in [0.25, 0.3) is 0 Å². The first-order valence-electron chi connectivity index (χ1n) is 7.61. The van der Waals surface area contributed by atoms with Gasteiger partial charge in [0, 0.05) is 19.1 Å². The fraction of sp³-hybridized carbons (Fsp3) is 0.647. The summed E-state index contributed by atoms with van der Waals surface area (Å²) in [5, 5.41) is 11.0. The zero-order valence-corrected chi connectivity index (χ0v) is 12.6. The molecule has 0 saturated heterocycles. The monoisotopic (exact) mass is 277 g/mol. The Morgan fingerprint density at radius 1 is 1.45 bits per heavy atom. The van der Waals surface area contributed by atoms with Crippen molar-refractivity contribution in [3.8, 4) is 0 Å². The first-order chi connectivity index (χ1) is 9.66. The van der Waals surface area contributed by atoms with Crippen molar-refractivity contribution in [3.05, 3.63) is 35.4 Å². The molecule has 3 unspecified atom stereocenters. The first kappa shape index (κ1) is 15.5. The van der Waals surface area contributed by atoms with E-state index in [1.54, 1.807) is 7.11 Å². The molecule has 1 aromatic carbocycles. The Hall–Kier alpha value is -0.900. The maximum Gasteiger partial charge on any atom is 0.0861 e. The lowest BCUT2D eigenvalue weighted by molar-refractivity contribution is 0.0281. The molecule has 20 heavy (non-hydrogen) atoms. The van der Waals surface area contributed by atoms with Crippen molar-refractivity contribution in [1.82, 2.24) is 0 Å². The van der Waals surface area contributed by atoms with E-state index in [1.807, 2.05) is 24.3 Å². The molecule has 1 aliphatic rings. The number of methoxy groups -OCH3 is 1. The van der Waals surface area contributed by atoms with Crippen LogP contribution in [0.4, 0.5) is 0 Å². The zero-order valence-electron chi connectivity index (χ0n) is 12.6. The zero-order chi connectivity index (χ0) is 14.6. The van der Waals surface area contributed by atoms with Crippen LogP contribution in [0, 0.1) is 11.3 Å². The lowest BCUT2D eigenvalue weighted by Crippen LogP contribution is -2.35. The minimum atomic E-state index is -0.490. The van der Waals surface area contributed by atoms with Gasteiger partial charge in [-0.1, -0.05) is 37.6 Å². The number of aliphatic hydroxyl groups excluding tert-OH is 1. The Labute approximate surface area is 122 Å². The molecular weight excluding hydrogens is 250 g/mol. The predicted molar refractivity (Wildman–Crippen MR) is 81.2 cm³/mol. The van der Waals surface area contributed by atoms with Gasteiger partial charge in [-0.15, -0.1) is 0 Å². The second-order valence-corrected chi connectivity index (χ2v) is 6.12. The van der Waals surface area contributed by atoms with Gasteiger partial charge < -0.3 is 15.6 Å². The molecule has 0 radical (unpaired) electrons. The largest absolute Gasteiger partial charge is 0.388 e. The fourth-order valence-corrected chi connectivity index (χ4v) is 3.58. The van der Waals surface area contributed by atoms with Crippen molar-refractivity contribution < 1.29 is 9.84 Å². The molecule has 0 spiro atoms. The number of nitrogens with two attached hydrogens (primary N) is 1. The second-order valence-electron chi connectivity index (χ2n) is 6.12. The highest BCUT2D eigenvalue weighted by atomic mass is 16.5. The normalized spacial score (nSPS) is 27.7. The molecule has 0 aliphatic heterocycles. The average Bonchev–Trinajstić information content (AvgIpc) is 2.92. The molecule has 2 rings (SSSR count). The Morgan fingerprint density at radius 3 is 2.80 bits per heavy atom. The lowest BCUT2D eigenvalue weighted by Gasteiger charge is -2.34. The minimum absolute atomic E-state index is 0.162. The number of ether oxygens (including phenoxy) is 1. The van der Waals surface area contributed by atoms with E-state index >= 15 is 0 Å². The smallest absolute Gasteiger partial charge is 0.0861 e. The molecule has 1 saturated carbocycles. The van der Waals surface area contributed by atoms with Gasteiger partial charge in [0.2, 0.25) is 0 Å². The van der Waals surface area contributed by atoms with E-state index in [4.69, 9.17) is 10.5 Å². The van der Waals surface area contributed by atoms with Gasteiger partial charge in [0.1, 0.15) is 0 Å². The number of hydrogen-bond donors (Lipinski definition) is 2. The van der Waals surface area contributed by atoms with Crippen LogP contribution in [0.5, 0.6) is 0 Å². The van der Waals surface area contributed by atoms with E-state index in [1.165, 1.54) is 12.8 Å². The fourth-order valence-electron chi connectivity index (χ4n) is 3.58. The van der Waals surface area contributed by atoms with Crippen molar-refractivity contribution >= 4 is 0 Å². The predicted octanol–water partition coefficient (Wildman–Crippen LogP) is 3.02. The van der Waals surface area contributed by atoms with E-state index in [0.717, 1.165) is 24.0 Å². The third-order valence-corrected chi connectivity index (χ3v) is 4.96. The second kappa shape index (κ2) is 6.70. The van der Waals surface area contributed by atoms with Gasteiger partial charge in [0.15, 0.2) is 0 Å². The summed E-state index contributed by atoms with van der Waals surface area (Å²) in [7, 11) is 1.69. The summed E-state index contributed by atoms with van der Waals surface area (Å²) < 4.78 is 5.25. The summed E-state index contributed by atoms with van der Waals surface area (Å²) in [4.78, 5) is 0. The van der Waals surface area contributed by atoms with Gasteiger partial charge in [-0.2, -0.15) is 0 Å². The molecule has 0 heterocycles. The topological polar surface area (TPSA) is 55.5 Å². The van der Waals surface area contributed by atoms with Crippen LogP contribution in [0.1, 0.15) is 49.8 Å². The van der Waals surface area contributed by atoms with Crippen LogP contribution in [0.3, 0.4) is 0 Å². The van der Waals surface area contributed by atoms with Crippen LogP contribution in [-0.4, -0.2) is 18.8 Å². The molecule has 3 atom stereocenters. The van der Waals surface area contributed by atoms with E-state index in [-0.39, 0.29) is 5.41 Å². The lowest BCUT2D eigenvalue weighted by atomic mass is 9.75. The number of hydrogen-bond acceptors (Lipinski definition) is 3. The summed E-state index contributed by atoms with van der Waals surface area (Å²) in [6.45, 7) is 3.31. The molecule has 3 N–H and O–H groups in total. The van der Waals surface area contributed by atoms with Crippen LogP contribution in [0.15, 0.2) is 24.3 Å². The molecule has 1 aliphatic carbocycles. The van der Waals surface area contributed by atoms with Crippen molar-refractivity contribution in [2.24, 2.45) is 17.1 Å². The van der Waals surface area contributed by atoms with E-state index < -0.39 is 6.10 Å². The summed E-state index contributed by atoms with van der Waals surface area (Å²) in [5.74, 6) is 0.697. The molecule has 3 heteroatoms. The van der Waals surface area contributed by atoms with Gasteiger partial charge >= 0.3 is 0 Å². The maximum absolute atomic E-state index is 11.0. The molecule has 1 fully saturated rings. The minimum Gasteiger partial charge on any atom is -0.388 e. The Balaban J connectivity index is 2.27. The van der Waals surface area contributed by atoms with Crippen molar-refractivity contribution in [2.45, 2.75) is 45.3 Å². The van der Waals surface area contributed by atoms with Gasteiger partial charge in [-0.3, -0.25) is 0 Å². The summed E-state index contributed by atoms with van der Waals surface area (Å²) >= 11 is 0. The van der Waals surface area contributed by atoms with Crippen LogP contribution in [0.25, 0.3) is 0 Å². The summed E-state index contributed by atoms with van der Waals surface area (Å²) in [6.07, 6.45) is 3.91. The Morgan fingerprint density at radius 2 is 2.20 bits per heavy atom. The molecule has 1 aromatic rings. The highest BCUT2D eigenvalue weighted by Crippen LogP contribution is 2.50. The molecule has 3 nitrogen and oxygen atoms in total. The third-order valence-electron chi connectivity index (χ3n) is 4.96. The molecule has 112 valence electrons. The molecule has 0 aromatic heterocycles. The van der Waals surface area contributed by atoms with Crippen LogP contribution < -0.4 is 5.73 Å². The van der Waals surface area contributed by atoms with Crippen LogP contribution in [-0.2, 0) is 11.3 Å². The Bertz CT molecular complexity index is 435. The van der Waals surface area contributed by atoms with Gasteiger partial charge in [-0.05, 0) is 36.3 Å². The first-order valence-corrected chi connectivity index (χ1v) is 7.61. The maximum atomic E-state index is 11.0. The molecular formula is C17H27NO2. The number of rotatable bonds is 6. The molecule has 0 bridgehead atoms.